The molecule has 1 heterocycles. The van der Waals surface area contributed by atoms with Crippen molar-refractivity contribution in [2.75, 3.05) is 14.2 Å². The van der Waals surface area contributed by atoms with Gasteiger partial charge in [-0.05, 0) is 53.2 Å². The van der Waals surface area contributed by atoms with Gasteiger partial charge in [0.1, 0.15) is 28.8 Å². The van der Waals surface area contributed by atoms with Crippen LogP contribution in [0.15, 0.2) is 82.9 Å². The molecule has 0 aliphatic rings. The summed E-state index contributed by atoms with van der Waals surface area (Å²) in [5.41, 5.74) is 2.43. The van der Waals surface area contributed by atoms with Crippen molar-refractivity contribution in [2.45, 2.75) is 11.8 Å². The van der Waals surface area contributed by atoms with Crippen molar-refractivity contribution in [3.05, 3.63) is 88.8 Å². The first-order valence-corrected chi connectivity index (χ1v) is 11.4. The summed E-state index contributed by atoms with van der Waals surface area (Å²) in [6.45, 7) is 0.420. The highest BCUT2D eigenvalue weighted by molar-refractivity contribution is 8.04. The fraction of sp³-hybridized carbons (Fsp3) is 0.115. The van der Waals surface area contributed by atoms with E-state index in [2.05, 4.69) is 15.2 Å². The van der Waals surface area contributed by atoms with Gasteiger partial charge < -0.3 is 19.3 Å². The average Bonchev–Trinajstić information content (AvgIpc) is 3.36. The molecule has 178 valence electrons. The predicted molar refractivity (Wildman–Crippen MR) is 134 cm³/mol. The summed E-state index contributed by atoms with van der Waals surface area (Å²) in [4.78, 5) is 16.4. The van der Waals surface area contributed by atoms with Gasteiger partial charge in [0.25, 0.3) is 0 Å². The zero-order valence-corrected chi connectivity index (χ0v) is 19.9. The maximum absolute atomic E-state index is 11.9. The van der Waals surface area contributed by atoms with Crippen LogP contribution in [0.2, 0.25) is 0 Å². The Kier molecular flexibility index (Phi) is 7.69. The van der Waals surface area contributed by atoms with E-state index < -0.39 is 5.97 Å². The molecule has 4 aromatic rings. The van der Waals surface area contributed by atoms with Gasteiger partial charge in [-0.25, -0.2) is 9.78 Å². The average molecular weight is 490 g/mol. The normalized spacial score (nSPS) is 11.2. The highest BCUT2D eigenvalue weighted by atomic mass is 32.2. The van der Waals surface area contributed by atoms with Crippen LogP contribution in [0.5, 0.6) is 17.2 Å². The quantitative estimate of drug-likeness (QED) is 0.229. The number of ether oxygens (including phenoxy) is 3. The highest BCUT2D eigenvalue weighted by Gasteiger charge is 2.15. The number of nitrogens with one attached hydrogen (secondary N) is 1. The number of aromatic amines is 1. The molecular weight excluding hydrogens is 466 g/mol. The maximum Gasteiger partial charge on any atom is 0.342 e. The molecule has 8 nitrogen and oxygen atoms in total. The molecule has 3 aromatic carbocycles. The van der Waals surface area contributed by atoms with Gasteiger partial charge in [0.2, 0.25) is 5.16 Å². The highest BCUT2D eigenvalue weighted by Crippen LogP contribution is 2.31. The van der Waals surface area contributed by atoms with Crippen LogP contribution >= 0.6 is 11.8 Å². The lowest BCUT2D eigenvalue weighted by atomic mass is 10.2. The van der Waals surface area contributed by atoms with E-state index in [1.165, 1.54) is 0 Å². The second-order valence-corrected chi connectivity index (χ2v) is 8.34. The Bertz CT molecular complexity index is 1320. The summed E-state index contributed by atoms with van der Waals surface area (Å²) in [6.07, 6.45) is 1.56. The maximum atomic E-state index is 11.9. The van der Waals surface area contributed by atoms with Gasteiger partial charge in [0, 0.05) is 11.6 Å². The van der Waals surface area contributed by atoms with E-state index in [4.69, 9.17) is 14.2 Å². The standard InChI is InChI=1S/C26H23N3O5S/c1-32-21-13-19(14-22(15-21)33-2)24-27-26(29-28-24)35-23(25(30)31)12-18-9-6-10-20(11-18)34-16-17-7-4-3-5-8-17/h3-15H,16H2,1-2H3,(H,30,31)(H,27,28,29)/b23-12-. The Morgan fingerprint density at radius 3 is 2.40 bits per heavy atom. The predicted octanol–water partition coefficient (Wildman–Crippen LogP) is 5.29. The minimum absolute atomic E-state index is 0.0685. The van der Waals surface area contributed by atoms with Crippen LogP contribution < -0.4 is 14.2 Å². The number of aliphatic carboxylic acids is 1. The molecule has 0 fully saturated rings. The molecule has 0 amide bonds. The van der Waals surface area contributed by atoms with E-state index >= 15 is 0 Å². The minimum Gasteiger partial charge on any atom is -0.497 e. The Labute approximate surface area is 206 Å². The topological polar surface area (TPSA) is 107 Å². The fourth-order valence-corrected chi connectivity index (χ4v) is 3.89. The van der Waals surface area contributed by atoms with Crippen molar-refractivity contribution < 1.29 is 24.1 Å². The largest absolute Gasteiger partial charge is 0.497 e. The van der Waals surface area contributed by atoms with E-state index in [9.17, 15) is 9.90 Å². The van der Waals surface area contributed by atoms with Gasteiger partial charge in [-0.1, -0.05) is 42.5 Å². The lowest BCUT2D eigenvalue weighted by Gasteiger charge is -2.07. The van der Waals surface area contributed by atoms with Crippen LogP contribution in [-0.4, -0.2) is 40.5 Å². The molecular formula is C26H23N3O5S. The number of carboxylic acid groups (broad SMARTS) is 1. The zero-order chi connectivity index (χ0) is 24.6. The molecule has 0 atom stereocenters. The van der Waals surface area contributed by atoms with Crippen LogP contribution in [-0.2, 0) is 11.4 Å². The molecule has 4 rings (SSSR count). The first-order chi connectivity index (χ1) is 17.0. The molecule has 0 saturated carbocycles. The third-order valence-electron chi connectivity index (χ3n) is 4.91. The molecule has 0 bridgehead atoms. The van der Waals surface area contributed by atoms with Gasteiger partial charge in [0.15, 0.2) is 5.82 Å². The molecule has 0 saturated heterocycles. The number of carboxylic acids is 1. The van der Waals surface area contributed by atoms with E-state index in [1.54, 1.807) is 44.6 Å². The van der Waals surface area contributed by atoms with Crippen molar-refractivity contribution in [2.24, 2.45) is 0 Å². The third kappa shape index (κ3) is 6.42. The number of H-pyrrole nitrogens is 1. The van der Waals surface area contributed by atoms with E-state index in [1.807, 2.05) is 48.5 Å². The van der Waals surface area contributed by atoms with Crippen LogP contribution in [0.25, 0.3) is 17.5 Å². The molecule has 9 heteroatoms. The number of hydrogen-bond acceptors (Lipinski definition) is 7. The van der Waals surface area contributed by atoms with Crippen LogP contribution in [0, 0.1) is 0 Å². The van der Waals surface area contributed by atoms with Crippen molar-refractivity contribution >= 4 is 23.8 Å². The lowest BCUT2D eigenvalue weighted by molar-refractivity contribution is -0.131. The number of nitrogens with zero attached hydrogens (tertiary/aromatic N) is 2. The third-order valence-corrected chi connectivity index (χ3v) is 5.78. The minimum atomic E-state index is -1.08. The number of rotatable bonds is 10. The lowest BCUT2D eigenvalue weighted by Crippen LogP contribution is -1.98. The molecule has 0 aliphatic carbocycles. The summed E-state index contributed by atoms with van der Waals surface area (Å²) >= 11 is 0.948. The van der Waals surface area contributed by atoms with Gasteiger partial charge in [-0.15, -0.1) is 5.10 Å². The van der Waals surface area contributed by atoms with Crippen molar-refractivity contribution in [1.82, 2.24) is 15.2 Å². The number of methoxy groups -OCH3 is 2. The molecule has 0 unspecified atom stereocenters. The fourth-order valence-electron chi connectivity index (χ4n) is 3.18. The Hall–Kier alpha value is -4.24. The van der Waals surface area contributed by atoms with Crippen molar-refractivity contribution in [1.29, 1.82) is 0 Å². The Morgan fingerprint density at radius 1 is 0.971 bits per heavy atom. The zero-order valence-electron chi connectivity index (χ0n) is 19.1. The summed E-state index contributed by atoms with van der Waals surface area (Å²) in [7, 11) is 3.12. The number of hydrogen-bond donors (Lipinski definition) is 2. The molecule has 35 heavy (non-hydrogen) atoms. The number of aromatic nitrogens is 3. The molecule has 2 N–H and O–H groups in total. The van der Waals surface area contributed by atoms with Crippen LogP contribution in [0.3, 0.4) is 0 Å². The van der Waals surface area contributed by atoms with E-state index in [0.29, 0.717) is 40.8 Å². The SMILES string of the molecule is COc1cc(OC)cc(-c2nc(S/C(=C\c3cccc(OCc4ccccc4)c3)C(=O)O)n[nH]2)c1. The Balaban J connectivity index is 1.51. The summed E-state index contributed by atoms with van der Waals surface area (Å²) < 4.78 is 16.4. The molecule has 0 spiro atoms. The first-order valence-electron chi connectivity index (χ1n) is 10.6. The van der Waals surface area contributed by atoms with Gasteiger partial charge >= 0.3 is 5.97 Å². The van der Waals surface area contributed by atoms with Crippen molar-refractivity contribution in [3.8, 4) is 28.6 Å². The summed E-state index contributed by atoms with van der Waals surface area (Å²) in [5, 5.41) is 17.0. The first kappa shape index (κ1) is 23.9. The second kappa shape index (κ2) is 11.3. The van der Waals surface area contributed by atoms with Crippen LogP contribution in [0.1, 0.15) is 11.1 Å². The van der Waals surface area contributed by atoms with Gasteiger partial charge in [-0.3, -0.25) is 5.10 Å². The molecule has 0 aliphatic heterocycles. The van der Waals surface area contributed by atoms with E-state index in [-0.39, 0.29) is 10.1 Å². The van der Waals surface area contributed by atoms with Crippen LogP contribution in [0.4, 0.5) is 0 Å². The number of benzene rings is 3. The van der Waals surface area contributed by atoms with Gasteiger partial charge in [0.05, 0.1) is 14.2 Å². The molecule has 0 radical (unpaired) electrons. The smallest absolute Gasteiger partial charge is 0.342 e. The van der Waals surface area contributed by atoms with E-state index in [0.717, 1.165) is 17.3 Å². The van der Waals surface area contributed by atoms with Gasteiger partial charge in [-0.2, -0.15) is 0 Å². The Morgan fingerprint density at radius 2 is 1.71 bits per heavy atom. The van der Waals surface area contributed by atoms with Crippen molar-refractivity contribution in [3.63, 3.8) is 0 Å². The summed E-state index contributed by atoms with van der Waals surface area (Å²) in [5.74, 6) is 1.23. The number of carbonyl (C=O) groups is 1. The molecule has 1 aromatic heterocycles. The second-order valence-electron chi connectivity index (χ2n) is 7.33. The number of thioether (sulfide) groups is 1. The monoisotopic (exact) mass is 489 g/mol. The summed E-state index contributed by atoms with van der Waals surface area (Å²) in [6, 6.07) is 22.4.